The third kappa shape index (κ3) is 15.1. The summed E-state index contributed by atoms with van der Waals surface area (Å²) in [4.78, 5) is 11.7. The molecule has 0 fully saturated rings. The lowest BCUT2D eigenvalue weighted by Gasteiger charge is -2.06. The van der Waals surface area contributed by atoms with Gasteiger partial charge in [-0.15, -0.1) is 0 Å². The third-order valence-electron chi connectivity index (χ3n) is 5.62. The van der Waals surface area contributed by atoms with Gasteiger partial charge in [-0.2, -0.15) is 13.2 Å². The van der Waals surface area contributed by atoms with E-state index in [4.69, 9.17) is 4.74 Å². The number of rotatable bonds is 18. The van der Waals surface area contributed by atoms with Crippen LogP contribution in [0.4, 0.5) is 13.2 Å². The van der Waals surface area contributed by atoms with Crippen molar-refractivity contribution in [3.05, 3.63) is 41.5 Å². The van der Waals surface area contributed by atoms with E-state index in [0.29, 0.717) is 12.2 Å². The van der Waals surface area contributed by atoms with Gasteiger partial charge in [0.1, 0.15) is 0 Å². The monoisotopic (exact) mass is 454 g/mol. The summed E-state index contributed by atoms with van der Waals surface area (Å²) in [6.45, 7) is 2.60. The number of hydrogen-bond donors (Lipinski definition) is 0. The fourth-order valence-electron chi connectivity index (χ4n) is 3.68. The molecule has 5 heteroatoms. The Hall–Kier alpha value is -1.78. The fraction of sp³-hybridized carbons (Fsp3) is 0.667. The second kappa shape index (κ2) is 17.7. The second-order valence-corrected chi connectivity index (χ2v) is 8.57. The van der Waals surface area contributed by atoms with Gasteiger partial charge in [0, 0.05) is 6.08 Å². The maximum atomic E-state index is 12.7. The van der Waals surface area contributed by atoms with Crippen LogP contribution in [0.3, 0.4) is 0 Å². The van der Waals surface area contributed by atoms with Crippen molar-refractivity contribution in [2.24, 2.45) is 0 Å². The Labute approximate surface area is 192 Å². The summed E-state index contributed by atoms with van der Waals surface area (Å²) in [5, 5.41) is 0. The Morgan fingerprint density at radius 1 is 0.812 bits per heavy atom. The summed E-state index contributed by atoms with van der Waals surface area (Å²) >= 11 is 0. The van der Waals surface area contributed by atoms with Gasteiger partial charge in [-0.1, -0.05) is 109 Å². The molecular formula is C27H41F3O2. The normalized spacial score (nSPS) is 11.9. The Morgan fingerprint density at radius 3 is 1.81 bits per heavy atom. The number of hydrogen-bond acceptors (Lipinski definition) is 2. The van der Waals surface area contributed by atoms with Gasteiger partial charge in [0.15, 0.2) is 0 Å². The Morgan fingerprint density at radius 2 is 1.31 bits per heavy atom. The molecule has 0 saturated carbocycles. The molecule has 32 heavy (non-hydrogen) atoms. The van der Waals surface area contributed by atoms with Crippen molar-refractivity contribution in [1.82, 2.24) is 0 Å². The van der Waals surface area contributed by atoms with Gasteiger partial charge in [-0.25, -0.2) is 4.79 Å². The number of carbonyl (C=O) groups is 1. The smallest absolute Gasteiger partial charge is 0.416 e. The predicted octanol–water partition coefficient (Wildman–Crippen LogP) is 9.13. The predicted molar refractivity (Wildman–Crippen MR) is 126 cm³/mol. The van der Waals surface area contributed by atoms with Crippen molar-refractivity contribution in [2.45, 2.75) is 109 Å². The standard InChI is InChI=1S/C27H41F3O2/c1-2-3-4-5-6-7-8-9-10-11-12-13-14-15-16-22-32-26(31)21-20-24-18-17-19-25(23-24)27(28,29)30/h17-21,23H,2-16,22H2,1H3/b21-20+. The van der Waals surface area contributed by atoms with Crippen LogP contribution in [-0.2, 0) is 15.7 Å². The molecule has 0 spiro atoms. The number of alkyl halides is 3. The minimum absolute atomic E-state index is 0.323. The Bertz CT molecular complexity index is 638. The quantitative estimate of drug-likeness (QED) is 0.126. The maximum absolute atomic E-state index is 12.7. The van der Waals surface area contributed by atoms with Crippen LogP contribution in [0.5, 0.6) is 0 Å². The van der Waals surface area contributed by atoms with E-state index < -0.39 is 17.7 Å². The lowest BCUT2D eigenvalue weighted by atomic mass is 10.0. The molecule has 1 rings (SSSR count). The first kappa shape index (κ1) is 28.3. The molecule has 0 saturated heterocycles. The summed E-state index contributed by atoms with van der Waals surface area (Å²) < 4.78 is 43.2. The molecule has 0 aliphatic heterocycles. The molecule has 0 heterocycles. The van der Waals surface area contributed by atoms with E-state index in [1.165, 1.54) is 101 Å². The van der Waals surface area contributed by atoms with Crippen molar-refractivity contribution in [3.8, 4) is 0 Å². The first-order valence-electron chi connectivity index (χ1n) is 12.5. The van der Waals surface area contributed by atoms with E-state index >= 15 is 0 Å². The van der Waals surface area contributed by atoms with Gasteiger partial charge in [-0.3, -0.25) is 0 Å². The molecule has 0 unspecified atom stereocenters. The molecular weight excluding hydrogens is 413 g/mol. The Kier molecular flexibility index (Phi) is 15.7. The fourth-order valence-corrected chi connectivity index (χ4v) is 3.68. The van der Waals surface area contributed by atoms with Gasteiger partial charge in [0.05, 0.1) is 12.2 Å². The highest BCUT2D eigenvalue weighted by molar-refractivity contribution is 5.87. The minimum atomic E-state index is -4.39. The molecule has 0 aromatic heterocycles. The lowest BCUT2D eigenvalue weighted by Crippen LogP contribution is -2.04. The summed E-state index contributed by atoms with van der Waals surface area (Å²) in [5.41, 5.74) is -0.408. The van der Waals surface area contributed by atoms with Crippen LogP contribution >= 0.6 is 0 Å². The molecule has 0 amide bonds. The molecule has 0 N–H and O–H groups in total. The van der Waals surface area contributed by atoms with Crippen LogP contribution in [-0.4, -0.2) is 12.6 Å². The van der Waals surface area contributed by atoms with Crippen molar-refractivity contribution < 1.29 is 22.7 Å². The van der Waals surface area contributed by atoms with Crippen LogP contribution in [0.15, 0.2) is 30.3 Å². The number of unbranched alkanes of at least 4 members (excludes halogenated alkanes) is 14. The van der Waals surface area contributed by atoms with Gasteiger partial charge in [0.2, 0.25) is 0 Å². The molecule has 0 aliphatic carbocycles. The highest BCUT2D eigenvalue weighted by atomic mass is 19.4. The second-order valence-electron chi connectivity index (χ2n) is 8.57. The first-order chi connectivity index (χ1) is 15.4. The molecule has 0 aliphatic rings. The Balaban J connectivity index is 1.95. The van der Waals surface area contributed by atoms with Crippen LogP contribution < -0.4 is 0 Å². The number of benzene rings is 1. The zero-order valence-corrected chi connectivity index (χ0v) is 19.7. The number of ether oxygens (including phenoxy) is 1. The van der Waals surface area contributed by atoms with Gasteiger partial charge in [0.25, 0.3) is 0 Å². The van der Waals surface area contributed by atoms with E-state index in [1.807, 2.05) is 0 Å². The summed E-state index contributed by atoms with van der Waals surface area (Å²) in [6, 6.07) is 4.86. The lowest BCUT2D eigenvalue weighted by molar-refractivity contribution is -0.138. The van der Waals surface area contributed by atoms with Crippen molar-refractivity contribution in [3.63, 3.8) is 0 Å². The molecule has 2 nitrogen and oxygen atoms in total. The third-order valence-corrected chi connectivity index (χ3v) is 5.62. The summed E-state index contributed by atoms with van der Waals surface area (Å²) in [5.74, 6) is -0.521. The zero-order valence-electron chi connectivity index (χ0n) is 19.7. The van der Waals surface area contributed by atoms with E-state index in [9.17, 15) is 18.0 Å². The zero-order chi connectivity index (χ0) is 23.5. The summed E-state index contributed by atoms with van der Waals surface area (Å²) in [6.07, 6.45) is 17.3. The van der Waals surface area contributed by atoms with Gasteiger partial charge >= 0.3 is 12.1 Å². The van der Waals surface area contributed by atoms with E-state index in [1.54, 1.807) is 0 Å². The van der Waals surface area contributed by atoms with Crippen LogP contribution in [0.2, 0.25) is 0 Å². The van der Waals surface area contributed by atoms with Gasteiger partial charge in [-0.05, 0) is 30.2 Å². The van der Waals surface area contributed by atoms with Crippen LogP contribution in [0.25, 0.3) is 6.08 Å². The van der Waals surface area contributed by atoms with Crippen molar-refractivity contribution >= 4 is 12.0 Å². The van der Waals surface area contributed by atoms with E-state index in [-0.39, 0.29) is 0 Å². The average molecular weight is 455 g/mol. The number of carbonyl (C=O) groups excluding carboxylic acids is 1. The maximum Gasteiger partial charge on any atom is 0.416 e. The molecule has 1 aromatic carbocycles. The molecule has 182 valence electrons. The molecule has 0 radical (unpaired) electrons. The topological polar surface area (TPSA) is 26.3 Å². The number of halogens is 3. The first-order valence-corrected chi connectivity index (χ1v) is 12.5. The average Bonchev–Trinajstić information content (AvgIpc) is 2.77. The van der Waals surface area contributed by atoms with Gasteiger partial charge < -0.3 is 4.74 Å². The highest BCUT2D eigenvalue weighted by Gasteiger charge is 2.30. The van der Waals surface area contributed by atoms with Crippen LogP contribution in [0.1, 0.15) is 114 Å². The molecule has 0 bridgehead atoms. The van der Waals surface area contributed by atoms with E-state index in [0.717, 1.165) is 31.4 Å². The van der Waals surface area contributed by atoms with Crippen LogP contribution in [0, 0.1) is 0 Å². The highest BCUT2D eigenvalue weighted by Crippen LogP contribution is 2.29. The number of esters is 1. The summed E-state index contributed by atoms with van der Waals surface area (Å²) in [7, 11) is 0. The SMILES string of the molecule is CCCCCCCCCCCCCCCCCOC(=O)/C=C/c1cccc(C(F)(F)F)c1. The minimum Gasteiger partial charge on any atom is -0.463 e. The largest absolute Gasteiger partial charge is 0.463 e. The van der Waals surface area contributed by atoms with Crippen molar-refractivity contribution in [1.29, 1.82) is 0 Å². The van der Waals surface area contributed by atoms with E-state index in [2.05, 4.69) is 6.92 Å². The molecule has 1 aromatic rings. The molecule has 0 atom stereocenters. The van der Waals surface area contributed by atoms with Crippen molar-refractivity contribution in [2.75, 3.05) is 6.61 Å².